The Kier molecular flexibility index (Phi) is 9.09. The predicted molar refractivity (Wildman–Crippen MR) is 162 cm³/mol. The number of nitrogens with one attached hydrogen (secondary N) is 2. The third kappa shape index (κ3) is 7.26. The molecule has 1 saturated heterocycles. The van der Waals surface area contributed by atoms with Crippen LogP contribution in [0.2, 0.25) is 0 Å². The number of sulfone groups is 1. The smallest absolute Gasteiger partial charge is 0.255 e. The Labute approximate surface area is 243 Å². The monoisotopic (exact) mass is 579 g/mol. The molecule has 9 heteroatoms. The van der Waals surface area contributed by atoms with Gasteiger partial charge in [-0.15, -0.1) is 0 Å². The van der Waals surface area contributed by atoms with E-state index in [1.165, 1.54) is 7.11 Å². The van der Waals surface area contributed by atoms with Crippen molar-refractivity contribution in [1.82, 2.24) is 10.3 Å². The number of hydrogen-bond donors (Lipinski definition) is 2. The normalized spacial score (nSPS) is 14.5. The van der Waals surface area contributed by atoms with Gasteiger partial charge in [-0.1, -0.05) is 26.8 Å². The van der Waals surface area contributed by atoms with E-state index < -0.39 is 15.7 Å². The van der Waals surface area contributed by atoms with Crippen LogP contribution in [0.25, 0.3) is 0 Å². The molecule has 0 atom stereocenters. The van der Waals surface area contributed by atoms with Crippen LogP contribution in [0.3, 0.4) is 0 Å². The number of carbonyl (C=O) groups is 1. The molecule has 1 aromatic heterocycles. The van der Waals surface area contributed by atoms with Crippen LogP contribution in [0.1, 0.15) is 66.4 Å². The standard InChI is InChI=1S/C32H41N3O5S/c1-20-8-9-23(17-28(20)40-25-12-15-34-24(18-25)16-22-10-13-33-14-11-22)31(36)35-27-19-26(32(3,4)5)21(2)30(29(27)39-6)41(7,37)38/h8-9,12,15,17-19,22,33H,10-11,13-14,16H2,1-7H3,(H,35,36). The first-order chi connectivity index (χ1) is 19.3. The Balaban J connectivity index is 1.62. The molecule has 0 saturated carbocycles. The summed E-state index contributed by atoms with van der Waals surface area (Å²) in [7, 11) is -2.24. The number of methoxy groups -OCH3 is 1. The number of piperidine rings is 1. The lowest BCUT2D eigenvalue weighted by atomic mass is 9.83. The summed E-state index contributed by atoms with van der Waals surface area (Å²) in [6.07, 6.45) is 6.09. The van der Waals surface area contributed by atoms with Crippen molar-refractivity contribution < 1.29 is 22.7 Å². The Hall–Kier alpha value is -3.43. The largest absolute Gasteiger partial charge is 0.493 e. The van der Waals surface area contributed by atoms with Crippen LogP contribution in [0.5, 0.6) is 17.2 Å². The number of benzene rings is 2. The van der Waals surface area contributed by atoms with Gasteiger partial charge in [-0.25, -0.2) is 8.42 Å². The Bertz CT molecular complexity index is 1540. The van der Waals surface area contributed by atoms with Gasteiger partial charge in [0.15, 0.2) is 15.6 Å². The van der Waals surface area contributed by atoms with Gasteiger partial charge in [0.25, 0.3) is 5.91 Å². The Morgan fingerprint density at radius 3 is 2.44 bits per heavy atom. The molecule has 0 bridgehead atoms. The number of aryl methyl sites for hydroxylation is 1. The van der Waals surface area contributed by atoms with Gasteiger partial charge in [-0.2, -0.15) is 0 Å². The van der Waals surface area contributed by atoms with Crippen LogP contribution < -0.4 is 20.1 Å². The van der Waals surface area contributed by atoms with Crippen LogP contribution in [-0.4, -0.2) is 45.8 Å². The summed E-state index contributed by atoms with van der Waals surface area (Å²) in [6, 6.07) is 10.8. The first-order valence-electron chi connectivity index (χ1n) is 14.0. The minimum absolute atomic E-state index is 0.0774. The maximum Gasteiger partial charge on any atom is 0.255 e. The van der Waals surface area contributed by atoms with E-state index in [4.69, 9.17) is 9.47 Å². The number of amides is 1. The minimum Gasteiger partial charge on any atom is -0.493 e. The van der Waals surface area contributed by atoms with Gasteiger partial charge in [0, 0.05) is 29.8 Å². The van der Waals surface area contributed by atoms with Crippen molar-refractivity contribution >= 4 is 21.4 Å². The molecule has 1 aliphatic heterocycles. The van der Waals surface area contributed by atoms with Crippen molar-refractivity contribution in [2.24, 2.45) is 5.92 Å². The second kappa shape index (κ2) is 12.2. The number of hydrogen-bond acceptors (Lipinski definition) is 7. The van der Waals surface area contributed by atoms with Crippen molar-refractivity contribution in [2.75, 3.05) is 31.8 Å². The number of rotatable bonds is 8. The molecule has 0 aliphatic carbocycles. The summed E-state index contributed by atoms with van der Waals surface area (Å²) in [6.45, 7) is 11.8. The summed E-state index contributed by atoms with van der Waals surface area (Å²) in [4.78, 5) is 18.1. The third-order valence-corrected chi connectivity index (χ3v) is 8.77. The fourth-order valence-corrected chi connectivity index (χ4v) is 6.64. The topological polar surface area (TPSA) is 107 Å². The summed E-state index contributed by atoms with van der Waals surface area (Å²) in [5, 5.41) is 6.29. The van der Waals surface area contributed by atoms with E-state index in [9.17, 15) is 13.2 Å². The highest BCUT2D eigenvalue weighted by Crippen LogP contribution is 2.41. The first kappa shape index (κ1) is 30.5. The van der Waals surface area contributed by atoms with Gasteiger partial charge < -0.3 is 20.1 Å². The molecule has 41 heavy (non-hydrogen) atoms. The zero-order valence-electron chi connectivity index (χ0n) is 25.1. The molecule has 2 N–H and O–H groups in total. The number of carbonyl (C=O) groups excluding carboxylic acids is 1. The second-order valence-electron chi connectivity index (χ2n) is 11.9. The average Bonchev–Trinajstić information content (AvgIpc) is 2.90. The van der Waals surface area contributed by atoms with Gasteiger partial charge in [-0.3, -0.25) is 9.78 Å². The molecule has 0 radical (unpaired) electrons. The Morgan fingerprint density at radius 1 is 1.10 bits per heavy atom. The molecule has 4 rings (SSSR count). The average molecular weight is 580 g/mol. The lowest BCUT2D eigenvalue weighted by Crippen LogP contribution is -2.28. The summed E-state index contributed by atoms with van der Waals surface area (Å²) < 4.78 is 37.4. The molecule has 220 valence electrons. The van der Waals surface area contributed by atoms with Gasteiger partial charge in [0.2, 0.25) is 0 Å². The second-order valence-corrected chi connectivity index (χ2v) is 13.9. The summed E-state index contributed by atoms with van der Waals surface area (Å²) in [5.74, 6) is 1.54. The van der Waals surface area contributed by atoms with Crippen LogP contribution >= 0.6 is 0 Å². The van der Waals surface area contributed by atoms with Crippen LogP contribution in [0.15, 0.2) is 47.5 Å². The number of aromatic nitrogens is 1. The molecule has 0 unspecified atom stereocenters. The zero-order valence-corrected chi connectivity index (χ0v) is 25.9. The fraction of sp³-hybridized carbons (Fsp3) is 0.438. The molecule has 0 spiro atoms. The van der Waals surface area contributed by atoms with E-state index in [-0.39, 0.29) is 16.1 Å². The quantitative estimate of drug-likeness (QED) is 0.337. The van der Waals surface area contributed by atoms with Gasteiger partial charge in [0.1, 0.15) is 16.4 Å². The molecule has 1 amide bonds. The highest BCUT2D eigenvalue weighted by molar-refractivity contribution is 7.90. The van der Waals surface area contributed by atoms with E-state index in [0.29, 0.717) is 34.2 Å². The van der Waals surface area contributed by atoms with Crippen molar-refractivity contribution in [3.05, 3.63) is 70.5 Å². The number of pyridine rings is 1. The Morgan fingerprint density at radius 2 is 1.80 bits per heavy atom. The molecular formula is C32H41N3O5S. The molecule has 3 aromatic rings. The van der Waals surface area contributed by atoms with Crippen LogP contribution in [0.4, 0.5) is 5.69 Å². The van der Waals surface area contributed by atoms with Gasteiger partial charge in [-0.05, 0) is 98.5 Å². The summed E-state index contributed by atoms with van der Waals surface area (Å²) >= 11 is 0. The number of ether oxygens (including phenoxy) is 2. The molecule has 1 fully saturated rings. The maximum atomic E-state index is 13.5. The van der Waals surface area contributed by atoms with Crippen molar-refractivity contribution in [2.45, 2.75) is 64.2 Å². The van der Waals surface area contributed by atoms with Crippen molar-refractivity contribution in [3.8, 4) is 17.2 Å². The molecule has 8 nitrogen and oxygen atoms in total. The molecule has 2 heterocycles. The van der Waals surface area contributed by atoms with Crippen LogP contribution in [0, 0.1) is 19.8 Å². The molecule has 2 aromatic carbocycles. The third-order valence-electron chi connectivity index (χ3n) is 7.54. The van der Waals surface area contributed by atoms with Crippen molar-refractivity contribution in [3.63, 3.8) is 0 Å². The van der Waals surface area contributed by atoms with E-state index in [1.807, 2.05) is 45.9 Å². The van der Waals surface area contributed by atoms with E-state index in [0.717, 1.165) is 55.4 Å². The molecule has 1 aliphatic rings. The summed E-state index contributed by atoms with van der Waals surface area (Å²) in [5.41, 5.74) is 3.59. The minimum atomic E-state index is -3.65. The SMILES string of the molecule is COc1c(NC(=O)c2ccc(C)c(Oc3ccnc(CC4CCNCC4)c3)c2)cc(C(C)(C)C)c(C)c1S(C)(=O)=O. The van der Waals surface area contributed by atoms with E-state index in [2.05, 4.69) is 15.6 Å². The van der Waals surface area contributed by atoms with E-state index >= 15 is 0 Å². The van der Waals surface area contributed by atoms with Gasteiger partial charge >= 0.3 is 0 Å². The lowest BCUT2D eigenvalue weighted by molar-refractivity contribution is 0.102. The number of anilines is 1. The van der Waals surface area contributed by atoms with Crippen molar-refractivity contribution in [1.29, 1.82) is 0 Å². The first-order valence-corrected chi connectivity index (χ1v) is 15.8. The predicted octanol–water partition coefficient (Wildman–Crippen LogP) is 5.99. The van der Waals surface area contributed by atoms with E-state index in [1.54, 1.807) is 31.3 Å². The van der Waals surface area contributed by atoms with Gasteiger partial charge in [0.05, 0.1) is 12.8 Å². The highest BCUT2D eigenvalue weighted by Gasteiger charge is 2.29. The lowest BCUT2D eigenvalue weighted by Gasteiger charge is -2.26. The zero-order chi connectivity index (χ0) is 29.9. The maximum absolute atomic E-state index is 13.5. The molecular weight excluding hydrogens is 538 g/mol. The number of nitrogens with zero attached hydrogens (tertiary/aromatic N) is 1. The van der Waals surface area contributed by atoms with Crippen LogP contribution in [-0.2, 0) is 21.7 Å². The highest BCUT2D eigenvalue weighted by atomic mass is 32.2. The fourth-order valence-electron chi connectivity index (χ4n) is 5.44.